The van der Waals surface area contributed by atoms with Crippen LogP contribution in [0.1, 0.15) is 22.8 Å². The van der Waals surface area contributed by atoms with Crippen LogP contribution in [0.2, 0.25) is 0 Å². The number of sulfone groups is 1. The normalized spacial score (nSPS) is 10.7. The number of likely N-dealkylation sites (N-methyl/N-ethyl adjacent to an activating group) is 1. The number of hydrogen-bond acceptors (Lipinski definition) is 4. The number of nitrogens with zero attached hydrogens (tertiary/aromatic N) is 1. The van der Waals surface area contributed by atoms with Gasteiger partial charge in [0.25, 0.3) is 5.91 Å². The number of anilines is 1. The second-order valence-electron chi connectivity index (χ2n) is 5.86. The van der Waals surface area contributed by atoms with Crippen molar-refractivity contribution in [1.29, 1.82) is 0 Å². The van der Waals surface area contributed by atoms with Crippen molar-refractivity contribution in [2.45, 2.75) is 11.8 Å². The average Bonchev–Trinajstić information content (AvgIpc) is 2.67. The third-order valence-electron chi connectivity index (χ3n) is 3.88. The lowest BCUT2D eigenvalue weighted by Crippen LogP contribution is -2.34. The molecule has 0 heterocycles. The van der Waals surface area contributed by atoms with Crippen molar-refractivity contribution < 1.29 is 18.0 Å². The van der Waals surface area contributed by atoms with Crippen molar-refractivity contribution in [3.63, 3.8) is 0 Å². The van der Waals surface area contributed by atoms with E-state index in [1.807, 2.05) is 0 Å². The molecule has 0 unspecified atom stereocenters. The standard InChI is InChI=1S/C20H20N2O4S/c1-4-15-7-6-8-17(13-15)21-19(23)14-22(3)20(24)16-9-11-18(12-10-16)27(25,26)5-2/h1,6-13H,5,14H2,2-3H3,(H,21,23). The molecule has 2 aromatic carbocycles. The maximum absolute atomic E-state index is 12.4. The lowest BCUT2D eigenvalue weighted by Gasteiger charge is -2.17. The minimum atomic E-state index is -3.32. The summed E-state index contributed by atoms with van der Waals surface area (Å²) in [4.78, 5) is 26.0. The van der Waals surface area contributed by atoms with Crippen molar-refractivity contribution in [3.05, 3.63) is 59.7 Å². The van der Waals surface area contributed by atoms with Crippen molar-refractivity contribution in [2.75, 3.05) is 24.7 Å². The molecular weight excluding hydrogens is 364 g/mol. The molecule has 0 fully saturated rings. The van der Waals surface area contributed by atoms with E-state index in [1.165, 1.54) is 36.2 Å². The lowest BCUT2D eigenvalue weighted by molar-refractivity contribution is -0.116. The third-order valence-corrected chi connectivity index (χ3v) is 5.63. The molecule has 1 N–H and O–H groups in total. The molecule has 2 aromatic rings. The highest BCUT2D eigenvalue weighted by molar-refractivity contribution is 7.91. The van der Waals surface area contributed by atoms with Gasteiger partial charge in [0.1, 0.15) is 0 Å². The number of terminal acetylenes is 1. The van der Waals surface area contributed by atoms with Gasteiger partial charge in [-0.15, -0.1) is 6.42 Å². The van der Waals surface area contributed by atoms with Gasteiger partial charge in [0.2, 0.25) is 5.91 Å². The average molecular weight is 384 g/mol. The third kappa shape index (κ3) is 5.19. The van der Waals surface area contributed by atoms with Crippen LogP contribution >= 0.6 is 0 Å². The Hall–Kier alpha value is -3.11. The first kappa shape index (κ1) is 20.2. The summed E-state index contributed by atoms with van der Waals surface area (Å²) in [5, 5.41) is 2.68. The predicted molar refractivity (Wildman–Crippen MR) is 104 cm³/mol. The van der Waals surface area contributed by atoms with Gasteiger partial charge in [-0.3, -0.25) is 9.59 Å². The Morgan fingerprint density at radius 2 is 1.81 bits per heavy atom. The van der Waals surface area contributed by atoms with E-state index in [9.17, 15) is 18.0 Å². The van der Waals surface area contributed by atoms with E-state index >= 15 is 0 Å². The molecule has 27 heavy (non-hydrogen) atoms. The summed E-state index contributed by atoms with van der Waals surface area (Å²) in [5.74, 6) is 1.71. The van der Waals surface area contributed by atoms with Crippen LogP contribution in [0, 0.1) is 12.3 Å². The fourth-order valence-electron chi connectivity index (χ4n) is 2.37. The summed E-state index contributed by atoms with van der Waals surface area (Å²) in [5.41, 5.74) is 1.49. The summed E-state index contributed by atoms with van der Waals surface area (Å²) in [6.45, 7) is 1.40. The predicted octanol–water partition coefficient (Wildman–Crippen LogP) is 2.17. The second kappa shape index (κ2) is 8.52. The molecule has 0 aliphatic heterocycles. The molecular formula is C20H20N2O4S. The van der Waals surface area contributed by atoms with Gasteiger partial charge in [0.05, 0.1) is 17.2 Å². The van der Waals surface area contributed by atoms with Gasteiger partial charge in [-0.25, -0.2) is 8.42 Å². The number of carbonyl (C=O) groups is 2. The van der Waals surface area contributed by atoms with E-state index in [-0.39, 0.29) is 29.0 Å². The highest BCUT2D eigenvalue weighted by atomic mass is 32.2. The number of rotatable bonds is 6. The first-order chi connectivity index (χ1) is 12.8. The topological polar surface area (TPSA) is 83.6 Å². The number of benzene rings is 2. The van der Waals surface area contributed by atoms with Crippen LogP contribution in [0.5, 0.6) is 0 Å². The Bertz CT molecular complexity index is 989. The molecule has 0 atom stereocenters. The number of amides is 2. The molecule has 0 radical (unpaired) electrons. The molecule has 2 amide bonds. The van der Waals surface area contributed by atoms with Crippen LogP contribution in [0.25, 0.3) is 0 Å². The smallest absolute Gasteiger partial charge is 0.254 e. The second-order valence-corrected chi connectivity index (χ2v) is 8.14. The summed E-state index contributed by atoms with van der Waals surface area (Å²) in [7, 11) is -1.83. The van der Waals surface area contributed by atoms with Crippen LogP contribution in [0.15, 0.2) is 53.4 Å². The van der Waals surface area contributed by atoms with Crippen molar-refractivity contribution in [2.24, 2.45) is 0 Å². The highest BCUT2D eigenvalue weighted by Gasteiger charge is 2.17. The highest BCUT2D eigenvalue weighted by Crippen LogP contribution is 2.14. The van der Waals surface area contributed by atoms with Crippen molar-refractivity contribution >= 4 is 27.3 Å². The molecule has 7 heteroatoms. The van der Waals surface area contributed by atoms with Crippen LogP contribution in [0.4, 0.5) is 5.69 Å². The monoisotopic (exact) mass is 384 g/mol. The first-order valence-corrected chi connectivity index (χ1v) is 9.87. The molecule has 0 saturated carbocycles. The first-order valence-electron chi connectivity index (χ1n) is 8.21. The number of nitrogens with one attached hydrogen (secondary N) is 1. The summed E-state index contributed by atoms with van der Waals surface area (Å²) in [6, 6.07) is 12.5. The zero-order chi connectivity index (χ0) is 20.0. The van der Waals surface area contributed by atoms with Gasteiger partial charge >= 0.3 is 0 Å². The van der Waals surface area contributed by atoms with Crippen LogP contribution in [0.3, 0.4) is 0 Å². The Morgan fingerprint density at radius 3 is 2.41 bits per heavy atom. The molecule has 0 spiro atoms. The molecule has 2 rings (SSSR count). The van der Waals surface area contributed by atoms with Crippen molar-refractivity contribution in [3.8, 4) is 12.3 Å². The van der Waals surface area contributed by atoms with E-state index in [0.717, 1.165) is 0 Å². The minimum Gasteiger partial charge on any atom is -0.332 e. The van der Waals surface area contributed by atoms with E-state index in [4.69, 9.17) is 6.42 Å². The van der Waals surface area contributed by atoms with Gasteiger partial charge in [0, 0.05) is 23.9 Å². The quantitative estimate of drug-likeness (QED) is 0.774. The molecule has 140 valence electrons. The fourth-order valence-corrected chi connectivity index (χ4v) is 3.25. The SMILES string of the molecule is C#Cc1cccc(NC(=O)CN(C)C(=O)c2ccc(S(=O)(=O)CC)cc2)c1. The van der Waals surface area contributed by atoms with Crippen LogP contribution in [-0.4, -0.2) is 44.5 Å². The van der Waals surface area contributed by atoms with Gasteiger partial charge in [-0.1, -0.05) is 18.9 Å². The number of carbonyl (C=O) groups excluding carboxylic acids is 2. The van der Waals surface area contributed by atoms with Gasteiger partial charge < -0.3 is 10.2 Å². The molecule has 0 aliphatic carbocycles. The van der Waals surface area contributed by atoms with Crippen molar-refractivity contribution in [1.82, 2.24) is 4.90 Å². The van der Waals surface area contributed by atoms with Crippen LogP contribution in [-0.2, 0) is 14.6 Å². The Kier molecular flexibility index (Phi) is 6.37. The zero-order valence-electron chi connectivity index (χ0n) is 15.1. The van der Waals surface area contributed by atoms with E-state index < -0.39 is 9.84 Å². The molecule has 0 saturated heterocycles. The maximum Gasteiger partial charge on any atom is 0.254 e. The fraction of sp³-hybridized carbons (Fsp3) is 0.200. The van der Waals surface area contributed by atoms with Gasteiger partial charge in [-0.05, 0) is 42.5 Å². The molecule has 0 aliphatic rings. The Labute approximate surface area is 159 Å². The van der Waals surface area contributed by atoms with E-state index in [2.05, 4.69) is 11.2 Å². The minimum absolute atomic E-state index is 0.0127. The summed E-state index contributed by atoms with van der Waals surface area (Å²) >= 11 is 0. The Morgan fingerprint density at radius 1 is 1.15 bits per heavy atom. The van der Waals surface area contributed by atoms with Gasteiger partial charge in [-0.2, -0.15) is 0 Å². The lowest BCUT2D eigenvalue weighted by atomic mass is 10.2. The Balaban J connectivity index is 2.02. The summed E-state index contributed by atoms with van der Waals surface area (Å²) < 4.78 is 23.6. The maximum atomic E-state index is 12.4. The van der Waals surface area contributed by atoms with Crippen LogP contribution < -0.4 is 5.32 Å². The molecule has 0 aromatic heterocycles. The summed E-state index contributed by atoms with van der Waals surface area (Å²) in [6.07, 6.45) is 5.33. The molecule has 0 bridgehead atoms. The zero-order valence-corrected chi connectivity index (χ0v) is 15.9. The van der Waals surface area contributed by atoms with Gasteiger partial charge in [0.15, 0.2) is 9.84 Å². The largest absolute Gasteiger partial charge is 0.332 e. The van der Waals surface area contributed by atoms with E-state index in [0.29, 0.717) is 16.8 Å². The van der Waals surface area contributed by atoms with E-state index in [1.54, 1.807) is 31.2 Å². The number of hydrogen-bond donors (Lipinski definition) is 1. The molecule has 6 nitrogen and oxygen atoms in total.